The largest absolute Gasteiger partial charge is 0.513 e. The van der Waals surface area contributed by atoms with Gasteiger partial charge in [-0.2, -0.15) is 18.0 Å². The molecule has 0 aromatic rings. The lowest BCUT2D eigenvalue weighted by molar-refractivity contribution is -0.867. The maximum atomic E-state index is 12.9. The summed E-state index contributed by atoms with van der Waals surface area (Å²) in [6.45, 7) is 4.91. The number of piperidine rings is 1. The summed E-state index contributed by atoms with van der Waals surface area (Å²) < 4.78 is 37.9. The van der Waals surface area contributed by atoms with Gasteiger partial charge in [0, 0.05) is 24.9 Å². The Hall–Kier alpha value is -1.35. The number of carbonyl (C=O) groups is 2. The average molecular weight is 408 g/mol. The Kier molecular flexibility index (Phi) is 7.73. The van der Waals surface area contributed by atoms with Gasteiger partial charge in [0.2, 0.25) is 5.91 Å². The summed E-state index contributed by atoms with van der Waals surface area (Å²) in [7, 11) is 0. The van der Waals surface area contributed by atoms with Gasteiger partial charge < -0.3 is 15.3 Å². The molecule has 2 unspecified atom stereocenters. The molecule has 0 radical (unpaired) electrons. The zero-order chi connectivity index (χ0) is 20.9. The van der Waals surface area contributed by atoms with Crippen LogP contribution in [0, 0.1) is 11.8 Å². The van der Waals surface area contributed by atoms with Crippen molar-refractivity contribution in [1.82, 2.24) is 10.2 Å². The first-order chi connectivity index (χ1) is 13.0. The minimum atomic E-state index is -4.50. The smallest absolute Gasteiger partial charge is 0.435 e. The fourth-order valence-corrected chi connectivity index (χ4v) is 4.38. The van der Waals surface area contributed by atoms with E-state index in [1.165, 1.54) is 0 Å². The zero-order valence-corrected chi connectivity index (χ0v) is 16.8. The lowest BCUT2D eigenvalue weighted by Gasteiger charge is -2.37. The first kappa shape index (κ1) is 22.9. The third-order valence-electron chi connectivity index (χ3n) is 6.00. The number of hydrogen-bond donors (Lipinski definition) is 2. The van der Waals surface area contributed by atoms with Crippen molar-refractivity contribution < 1.29 is 32.3 Å². The highest BCUT2D eigenvalue weighted by atomic mass is 19.4. The van der Waals surface area contributed by atoms with Crippen molar-refractivity contribution in [1.29, 1.82) is 0 Å². The highest BCUT2D eigenvalue weighted by Gasteiger charge is 2.49. The van der Waals surface area contributed by atoms with E-state index in [0.717, 1.165) is 25.9 Å². The number of amides is 2. The van der Waals surface area contributed by atoms with Gasteiger partial charge in [0.05, 0.1) is 13.1 Å². The second-order valence-corrected chi connectivity index (χ2v) is 8.68. The molecular formula is C19H33F3N3O3+. The van der Waals surface area contributed by atoms with Gasteiger partial charge in [-0.1, -0.05) is 13.8 Å². The highest BCUT2D eigenvalue weighted by Crippen LogP contribution is 2.30. The summed E-state index contributed by atoms with van der Waals surface area (Å²) in [6.07, 6.45) is -2.81. The van der Waals surface area contributed by atoms with Crippen molar-refractivity contribution in [3.05, 3.63) is 0 Å². The van der Waals surface area contributed by atoms with Crippen LogP contribution < -0.4 is 5.32 Å². The second kappa shape index (κ2) is 9.43. The molecule has 2 fully saturated rings. The maximum absolute atomic E-state index is 12.9. The number of nitrogens with zero attached hydrogens (tertiary/aromatic N) is 2. The number of hydrogen-bond acceptors (Lipinski definition) is 3. The topological polar surface area (TPSA) is 69.6 Å². The molecule has 162 valence electrons. The van der Waals surface area contributed by atoms with Gasteiger partial charge in [-0.25, -0.2) is 4.48 Å². The molecule has 2 aliphatic rings. The lowest BCUT2D eigenvalue weighted by Crippen LogP contribution is -2.57. The quantitative estimate of drug-likeness (QED) is 0.686. The van der Waals surface area contributed by atoms with Crippen LogP contribution in [-0.2, 0) is 4.79 Å². The van der Waals surface area contributed by atoms with Crippen molar-refractivity contribution in [2.24, 2.45) is 11.8 Å². The van der Waals surface area contributed by atoms with Crippen LogP contribution in [0.3, 0.4) is 0 Å². The van der Waals surface area contributed by atoms with E-state index in [0.29, 0.717) is 31.7 Å². The fraction of sp³-hybridized carbons (Fsp3) is 0.895. The number of carbonyl (C=O) groups excluding carboxylic acids is 1. The summed E-state index contributed by atoms with van der Waals surface area (Å²) >= 11 is 0. The number of rotatable bonds is 5. The summed E-state index contributed by atoms with van der Waals surface area (Å²) in [5.41, 5.74) is 0. The lowest BCUT2D eigenvalue weighted by atomic mass is 9.93. The van der Waals surface area contributed by atoms with Crippen LogP contribution in [0.5, 0.6) is 0 Å². The molecule has 2 rings (SSSR count). The first-order valence-electron chi connectivity index (χ1n) is 10.2. The molecular weight excluding hydrogens is 375 g/mol. The molecule has 2 saturated heterocycles. The highest BCUT2D eigenvalue weighted by molar-refractivity contribution is 5.78. The summed E-state index contributed by atoms with van der Waals surface area (Å²) in [4.78, 5) is 26.1. The Balaban J connectivity index is 1.89. The molecule has 2 N–H and O–H groups in total. The molecule has 2 amide bonds. The molecule has 6 nitrogen and oxygen atoms in total. The second-order valence-electron chi connectivity index (χ2n) is 8.68. The van der Waals surface area contributed by atoms with E-state index in [-0.39, 0.29) is 31.0 Å². The molecule has 9 heteroatoms. The molecule has 0 aromatic carbocycles. The first-order valence-corrected chi connectivity index (χ1v) is 10.2. The summed E-state index contributed by atoms with van der Waals surface area (Å²) in [5.74, 6) is 0.472. The number of alkyl halides is 3. The van der Waals surface area contributed by atoms with Gasteiger partial charge >= 0.3 is 12.3 Å². The van der Waals surface area contributed by atoms with Crippen LogP contribution in [0.4, 0.5) is 18.0 Å². The Labute approximate surface area is 164 Å². The molecule has 2 aliphatic heterocycles. The number of carboxylic acid groups (broad SMARTS) is 1. The van der Waals surface area contributed by atoms with Gasteiger partial charge in [-0.05, 0) is 44.7 Å². The van der Waals surface area contributed by atoms with E-state index < -0.39 is 23.3 Å². The average Bonchev–Trinajstić information content (AvgIpc) is 2.82. The Morgan fingerprint density at radius 3 is 2.32 bits per heavy atom. The van der Waals surface area contributed by atoms with Crippen molar-refractivity contribution in [3.63, 3.8) is 0 Å². The third kappa shape index (κ3) is 6.34. The van der Waals surface area contributed by atoms with Crippen LogP contribution >= 0.6 is 0 Å². The molecule has 2 heterocycles. The van der Waals surface area contributed by atoms with E-state index in [2.05, 4.69) is 10.2 Å². The molecule has 28 heavy (non-hydrogen) atoms. The number of halogens is 3. The summed E-state index contributed by atoms with van der Waals surface area (Å²) in [6, 6.07) is 0.0901. The predicted octanol–water partition coefficient (Wildman–Crippen LogP) is 3.08. The molecule has 2 atom stereocenters. The van der Waals surface area contributed by atoms with Gasteiger partial charge in [0.25, 0.3) is 0 Å². The molecule has 0 aromatic heterocycles. The number of likely N-dealkylation sites (tertiary alicyclic amines) is 2. The number of quaternary nitrogens is 1. The van der Waals surface area contributed by atoms with Gasteiger partial charge in [-0.3, -0.25) is 4.79 Å². The van der Waals surface area contributed by atoms with Crippen LogP contribution in [0.15, 0.2) is 0 Å². The van der Waals surface area contributed by atoms with E-state index in [4.69, 9.17) is 0 Å². The van der Waals surface area contributed by atoms with Gasteiger partial charge in [0.15, 0.2) is 6.54 Å². The van der Waals surface area contributed by atoms with Crippen molar-refractivity contribution in [2.75, 3.05) is 39.3 Å². The predicted molar refractivity (Wildman–Crippen MR) is 98.7 cm³/mol. The van der Waals surface area contributed by atoms with Crippen LogP contribution in [0.1, 0.15) is 46.0 Å². The summed E-state index contributed by atoms with van der Waals surface area (Å²) in [5, 5.41) is 12.4. The van der Waals surface area contributed by atoms with Gasteiger partial charge in [0.1, 0.15) is 0 Å². The Morgan fingerprint density at radius 2 is 1.79 bits per heavy atom. The molecule has 0 spiro atoms. The van der Waals surface area contributed by atoms with E-state index >= 15 is 0 Å². The monoisotopic (exact) mass is 408 g/mol. The Bertz CT molecular complexity index is 548. The Morgan fingerprint density at radius 1 is 1.14 bits per heavy atom. The third-order valence-corrected chi connectivity index (χ3v) is 6.00. The van der Waals surface area contributed by atoms with Crippen molar-refractivity contribution in [2.45, 2.75) is 58.2 Å². The minimum Gasteiger partial charge on any atom is -0.435 e. The van der Waals surface area contributed by atoms with Crippen molar-refractivity contribution >= 4 is 12.0 Å². The molecule has 0 bridgehead atoms. The standard InChI is InChI=1S/C19H32F3N3O3/c1-14(2)12-23-17(26)15-5-8-24(9-6-15)16-4-3-10-25(11-7-16,18(27)28)13-19(20,21)22/h14-16H,3-13H2,1-2H3,(H-,23,26,27,28)/p+1. The normalized spacial score (nSPS) is 28.1. The molecule has 0 aliphatic carbocycles. The zero-order valence-electron chi connectivity index (χ0n) is 16.8. The fourth-order valence-electron chi connectivity index (χ4n) is 4.38. The SMILES string of the molecule is CC(C)CNC(=O)C1CCN(C2CCC[N+](CC(F)(F)F)(C(=O)O)CC2)CC1. The van der Waals surface area contributed by atoms with E-state index in [9.17, 15) is 27.9 Å². The van der Waals surface area contributed by atoms with Gasteiger partial charge in [-0.15, -0.1) is 0 Å². The van der Waals surface area contributed by atoms with Crippen LogP contribution in [0.2, 0.25) is 0 Å². The van der Waals surface area contributed by atoms with Crippen LogP contribution in [-0.4, -0.2) is 78.0 Å². The van der Waals surface area contributed by atoms with E-state index in [1.807, 2.05) is 13.8 Å². The van der Waals surface area contributed by atoms with Crippen molar-refractivity contribution in [3.8, 4) is 0 Å². The minimum absolute atomic E-state index is 0.00564. The van der Waals surface area contributed by atoms with E-state index in [1.54, 1.807) is 0 Å². The van der Waals surface area contributed by atoms with Crippen LogP contribution in [0.25, 0.3) is 0 Å². The number of nitrogens with one attached hydrogen (secondary N) is 1. The molecule has 0 saturated carbocycles. The maximum Gasteiger partial charge on any atom is 0.513 e.